The number of halogens is 2. The minimum atomic E-state index is 0.175. The number of hydrogen-bond donors (Lipinski definition) is 1. The van der Waals surface area contributed by atoms with Crippen LogP contribution in [0.5, 0.6) is 0 Å². The lowest BCUT2D eigenvalue weighted by molar-refractivity contribution is -0.118. The van der Waals surface area contributed by atoms with E-state index in [9.17, 15) is 4.79 Å². The van der Waals surface area contributed by atoms with Crippen LogP contribution in [-0.2, 0) is 17.6 Å². The molecule has 2 aromatic carbocycles. The third-order valence-corrected chi connectivity index (χ3v) is 5.16. The molecule has 0 fully saturated rings. The number of carbonyl (C=O) groups excluding carboxylic acids is 1. The number of carbonyl (C=O) groups is 1. The van der Waals surface area contributed by atoms with Crippen molar-refractivity contribution in [3.8, 4) is 0 Å². The fraction of sp³-hybridized carbons (Fsp3) is 0.350. The number of amides is 1. The Hall–Kier alpha value is -1.55. The van der Waals surface area contributed by atoms with E-state index in [0.717, 1.165) is 30.6 Å². The van der Waals surface area contributed by atoms with Crippen molar-refractivity contribution in [1.82, 2.24) is 5.32 Å². The molecule has 0 radical (unpaired) electrons. The third-order valence-electron chi connectivity index (χ3n) is 4.58. The monoisotopic (exact) mass is 376 g/mol. The number of nitrogens with one attached hydrogen (secondary N) is 1. The van der Waals surface area contributed by atoms with Crippen LogP contribution in [0.25, 0.3) is 0 Å². The minimum Gasteiger partial charge on any atom is -0.316 e. The molecule has 3 nitrogen and oxygen atoms in total. The smallest absolute Gasteiger partial charge is 0.228 e. The third kappa shape index (κ3) is 4.35. The van der Waals surface area contributed by atoms with Crippen LogP contribution in [0.1, 0.15) is 24.5 Å². The summed E-state index contributed by atoms with van der Waals surface area (Å²) in [5, 5.41) is 4.66. The van der Waals surface area contributed by atoms with Crippen molar-refractivity contribution in [1.29, 1.82) is 0 Å². The molecule has 0 bridgehead atoms. The second kappa shape index (κ2) is 8.22. The summed E-state index contributed by atoms with van der Waals surface area (Å²) in [5.41, 5.74) is 3.38. The Morgan fingerprint density at radius 1 is 1.20 bits per heavy atom. The molecular weight excluding hydrogens is 355 g/mol. The van der Waals surface area contributed by atoms with Crippen molar-refractivity contribution < 1.29 is 4.79 Å². The highest BCUT2D eigenvalue weighted by atomic mass is 35.5. The van der Waals surface area contributed by atoms with Gasteiger partial charge in [-0.15, -0.1) is 0 Å². The Bertz CT molecular complexity index is 763. The van der Waals surface area contributed by atoms with Crippen LogP contribution in [0.2, 0.25) is 10.0 Å². The molecule has 0 aliphatic carbocycles. The van der Waals surface area contributed by atoms with E-state index >= 15 is 0 Å². The van der Waals surface area contributed by atoms with Gasteiger partial charge < -0.3 is 10.2 Å². The molecule has 132 valence electrons. The fourth-order valence-corrected chi connectivity index (χ4v) is 3.84. The average Bonchev–Trinajstić information content (AvgIpc) is 2.92. The van der Waals surface area contributed by atoms with Gasteiger partial charge in [0.25, 0.3) is 0 Å². The first-order valence-electron chi connectivity index (χ1n) is 8.61. The Morgan fingerprint density at radius 3 is 2.80 bits per heavy atom. The SMILES string of the molecule is CC1Cc2ccccc2N1C(=O)CCNCCc1ccc(Cl)cc1Cl. The first kappa shape index (κ1) is 18.2. The van der Waals surface area contributed by atoms with E-state index in [1.54, 1.807) is 6.07 Å². The van der Waals surface area contributed by atoms with Gasteiger partial charge in [0, 0.05) is 34.7 Å². The first-order valence-corrected chi connectivity index (χ1v) is 9.36. The summed E-state index contributed by atoms with van der Waals surface area (Å²) < 4.78 is 0. The Balaban J connectivity index is 1.45. The molecule has 0 spiro atoms. The molecule has 1 heterocycles. The van der Waals surface area contributed by atoms with Crippen LogP contribution in [0.3, 0.4) is 0 Å². The number of benzene rings is 2. The summed E-state index contributed by atoms with van der Waals surface area (Å²) in [6.07, 6.45) is 2.24. The number of fused-ring (bicyclic) bond motifs is 1. The van der Waals surface area contributed by atoms with Gasteiger partial charge in [0.2, 0.25) is 5.91 Å². The number of para-hydroxylation sites is 1. The highest BCUT2D eigenvalue weighted by Crippen LogP contribution is 2.32. The molecule has 5 heteroatoms. The maximum atomic E-state index is 12.6. The van der Waals surface area contributed by atoms with Gasteiger partial charge in [-0.3, -0.25) is 4.79 Å². The van der Waals surface area contributed by atoms with E-state index in [1.165, 1.54) is 5.56 Å². The van der Waals surface area contributed by atoms with Gasteiger partial charge in [-0.1, -0.05) is 47.5 Å². The predicted octanol–water partition coefficient (Wildman–Crippen LogP) is 4.49. The lowest BCUT2D eigenvalue weighted by Gasteiger charge is -2.22. The van der Waals surface area contributed by atoms with E-state index in [1.807, 2.05) is 35.2 Å². The molecule has 0 aromatic heterocycles. The Morgan fingerprint density at radius 2 is 2.00 bits per heavy atom. The topological polar surface area (TPSA) is 32.3 Å². The fourth-order valence-electron chi connectivity index (χ4n) is 3.33. The molecule has 1 aliphatic heterocycles. The van der Waals surface area contributed by atoms with E-state index in [4.69, 9.17) is 23.2 Å². The van der Waals surface area contributed by atoms with Crippen molar-refractivity contribution in [3.63, 3.8) is 0 Å². The quantitative estimate of drug-likeness (QED) is 0.753. The van der Waals surface area contributed by atoms with Crippen molar-refractivity contribution in [2.45, 2.75) is 32.2 Å². The molecule has 2 aromatic rings. The molecule has 3 rings (SSSR count). The summed E-state index contributed by atoms with van der Waals surface area (Å²) >= 11 is 12.1. The van der Waals surface area contributed by atoms with E-state index in [0.29, 0.717) is 23.0 Å². The van der Waals surface area contributed by atoms with Crippen LogP contribution < -0.4 is 10.2 Å². The van der Waals surface area contributed by atoms with Crippen molar-refractivity contribution >= 4 is 34.8 Å². The maximum Gasteiger partial charge on any atom is 0.228 e. The summed E-state index contributed by atoms with van der Waals surface area (Å²) in [4.78, 5) is 14.5. The van der Waals surface area contributed by atoms with Crippen LogP contribution >= 0.6 is 23.2 Å². The molecule has 1 amide bonds. The van der Waals surface area contributed by atoms with Gasteiger partial charge >= 0.3 is 0 Å². The van der Waals surface area contributed by atoms with Crippen LogP contribution in [0.15, 0.2) is 42.5 Å². The maximum absolute atomic E-state index is 12.6. The number of anilines is 1. The van der Waals surface area contributed by atoms with Gasteiger partial charge in [0.15, 0.2) is 0 Å². The van der Waals surface area contributed by atoms with Gasteiger partial charge in [0.05, 0.1) is 0 Å². The van der Waals surface area contributed by atoms with Crippen LogP contribution in [0, 0.1) is 0 Å². The lowest BCUT2D eigenvalue weighted by atomic mass is 10.1. The van der Waals surface area contributed by atoms with E-state index in [-0.39, 0.29) is 11.9 Å². The predicted molar refractivity (Wildman–Crippen MR) is 105 cm³/mol. The molecule has 0 saturated carbocycles. The molecule has 1 aliphatic rings. The van der Waals surface area contributed by atoms with Gasteiger partial charge in [-0.05, 0) is 55.6 Å². The summed E-state index contributed by atoms with van der Waals surface area (Å²) in [6.45, 7) is 3.55. The largest absolute Gasteiger partial charge is 0.316 e. The Kier molecular flexibility index (Phi) is 6.00. The molecule has 25 heavy (non-hydrogen) atoms. The zero-order valence-electron chi connectivity index (χ0n) is 14.3. The number of hydrogen-bond acceptors (Lipinski definition) is 2. The molecule has 1 unspecified atom stereocenters. The van der Waals surface area contributed by atoms with Gasteiger partial charge in [-0.2, -0.15) is 0 Å². The zero-order chi connectivity index (χ0) is 17.8. The molecule has 1 N–H and O–H groups in total. The normalized spacial score (nSPS) is 16.1. The van der Waals surface area contributed by atoms with Gasteiger partial charge in [-0.25, -0.2) is 0 Å². The van der Waals surface area contributed by atoms with E-state index < -0.39 is 0 Å². The second-order valence-electron chi connectivity index (χ2n) is 6.43. The first-order chi connectivity index (χ1) is 12.1. The van der Waals surface area contributed by atoms with E-state index in [2.05, 4.69) is 18.3 Å². The minimum absolute atomic E-state index is 0.175. The summed E-state index contributed by atoms with van der Waals surface area (Å²) in [6, 6.07) is 13.9. The van der Waals surface area contributed by atoms with Crippen LogP contribution in [0.4, 0.5) is 5.69 Å². The number of rotatable bonds is 6. The zero-order valence-corrected chi connectivity index (χ0v) is 15.8. The highest BCUT2D eigenvalue weighted by Gasteiger charge is 2.29. The Labute approximate surface area is 158 Å². The summed E-state index contributed by atoms with van der Waals surface area (Å²) in [5.74, 6) is 0.175. The van der Waals surface area contributed by atoms with Crippen LogP contribution in [-0.4, -0.2) is 25.0 Å². The molecule has 0 saturated heterocycles. The lowest BCUT2D eigenvalue weighted by Crippen LogP contribution is -2.37. The summed E-state index contributed by atoms with van der Waals surface area (Å²) in [7, 11) is 0. The van der Waals surface area contributed by atoms with Crippen molar-refractivity contribution in [2.75, 3.05) is 18.0 Å². The standard InChI is InChI=1S/C20H22Cl2N2O/c1-14-12-16-4-2-3-5-19(16)24(14)20(25)9-11-23-10-8-15-6-7-17(21)13-18(15)22/h2-7,13-14,23H,8-12H2,1H3. The average molecular weight is 377 g/mol. The highest BCUT2D eigenvalue weighted by molar-refractivity contribution is 6.35. The number of nitrogens with zero attached hydrogens (tertiary/aromatic N) is 1. The molecule has 1 atom stereocenters. The second-order valence-corrected chi connectivity index (χ2v) is 7.27. The van der Waals surface area contributed by atoms with Gasteiger partial charge in [0.1, 0.15) is 0 Å². The van der Waals surface area contributed by atoms with Crippen molar-refractivity contribution in [2.24, 2.45) is 0 Å². The van der Waals surface area contributed by atoms with Crippen molar-refractivity contribution in [3.05, 3.63) is 63.6 Å². The molecular formula is C20H22Cl2N2O.